The lowest BCUT2D eigenvalue weighted by atomic mass is 10.1. The number of aromatic amines is 1. The van der Waals surface area contributed by atoms with Crippen LogP contribution in [-0.4, -0.2) is 10.7 Å². The second-order valence-electron chi connectivity index (χ2n) is 2.99. The zero-order valence-corrected chi connectivity index (χ0v) is 9.15. The molecule has 0 saturated heterocycles. The van der Waals surface area contributed by atoms with Gasteiger partial charge < -0.3 is 4.98 Å². The van der Waals surface area contributed by atoms with Gasteiger partial charge in [0.1, 0.15) is 0 Å². The summed E-state index contributed by atoms with van der Waals surface area (Å²) in [6.07, 6.45) is 5.98. The van der Waals surface area contributed by atoms with E-state index < -0.39 is 0 Å². The molecule has 0 spiro atoms. The molecule has 0 unspecified atom stereocenters. The van der Waals surface area contributed by atoms with Crippen LogP contribution in [0.2, 0.25) is 5.02 Å². The monoisotopic (exact) mass is 223 g/mol. The van der Waals surface area contributed by atoms with Crippen LogP contribution < -0.4 is 0 Å². The first-order valence-corrected chi connectivity index (χ1v) is 5.37. The van der Waals surface area contributed by atoms with Crippen LogP contribution in [0.1, 0.15) is 5.56 Å². The highest BCUT2D eigenvalue weighted by molar-refractivity contribution is 7.80. The molecule has 1 aromatic carbocycles. The summed E-state index contributed by atoms with van der Waals surface area (Å²) in [5.74, 6) is 0.733. The van der Waals surface area contributed by atoms with Gasteiger partial charge in [0, 0.05) is 28.4 Å². The van der Waals surface area contributed by atoms with Crippen molar-refractivity contribution < 1.29 is 0 Å². The first kappa shape index (κ1) is 9.69. The van der Waals surface area contributed by atoms with Crippen LogP contribution in [0.15, 0.2) is 30.5 Å². The van der Waals surface area contributed by atoms with E-state index in [0.29, 0.717) is 0 Å². The summed E-state index contributed by atoms with van der Waals surface area (Å²) < 4.78 is 0. The molecular formula is C11H10ClNS. The Morgan fingerprint density at radius 1 is 1.43 bits per heavy atom. The number of rotatable bonds is 2. The van der Waals surface area contributed by atoms with Gasteiger partial charge >= 0.3 is 0 Å². The molecule has 2 aromatic rings. The van der Waals surface area contributed by atoms with Crippen LogP contribution in [0.4, 0.5) is 0 Å². The fraction of sp³-hybridized carbons (Fsp3) is 0.0909. The molecule has 0 aliphatic rings. The maximum atomic E-state index is 6.11. The minimum absolute atomic E-state index is 0.733. The van der Waals surface area contributed by atoms with Crippen LogP contribution in [0.5, 0.6) is 0 Å². The standard InChI is InChI=1S/C11H10ClNS/c12-9-4-1-5-10-11(9)8(7-13-10)3-2-6-14/h1-5,7,13-14H,6H2. The number of fused-ring (bicyclic) bond motifs is 1. The van der Waals surface area contributed by atoms with Gasteiger partial charge in [0.05, 0.1) is 5.02 Å². The third-order valence-electron chi connectivity index (χ3n) is 2.09. The van der Waals surface area contributed by atoms with Crippen LogP contribution >= 0.6 is 24.2 Å². The molecule has 1 aromatic heterocycles. The van der Waals surface area contributed by atoms with E-state index in [1.807, 2.05) is 36.5 Å². The molecule has 1 N–H and O–H groups in total. The summed E-state index contributed by atoms with van der Waals surface area (Å²) >= 11 is 10.2. The lowest BCUT2D eigenvalue weighted by Gasteiger charge is -1.94. The fourth-order valence-electron chi connectivity index (χ4n) is 1.48. The van der Waals surface area contributed by atoms with Crippen LogP contribution in [0.3, 0.4) is 0 Å². The average Bonchev–Trinajstić information content (AvgIpc) is 2.59. The third kappa shape index (κ3) is 1.68. The molecule has 0 saturated carbocycles. The van der Waals surface area contributed by atoms with E-state index in [-0.39, 0.29) is 0 Å². The van der Waals surface area contributed by atoms with E-state index in [0.717, 1.165) is 27.2 Å². The van der Waals surface area contributed by atoms with Crippen molar-refractivity contribution in [1.29, 1.82) is 0 Å². The Bertz CT molecular complexity index is 473. The summed E-state index contributed by atoms with van der Waals surface area (Å²) in [5, 5.41) is 1.86. The Labute approximate surface area is 93.2 Å². The molecule has 0 bridgehead atoms. The van der Waals surface area contributed by atoms with Gasteiger partial charge in [0.25, 0.3) is 0 Å². The van der Waals surface area contributed by atoms with E-state index in [2.05, 4.69) is 17.6 Å². The van der Waals surface area contributed by atoms with Crippen molar-refractivity contribution in [3.8, 4) is 0 Å². The van der Waals surface area contributed by atoms with Gasteiger partial charge in [0.2, 0.25) is 0 Å². The average molecular weight is 224 g/mol. The van der Waals surface area contributed by atoms with E-state index in [1.165, 1.54) is 0 Å². The third-order valence-corrected chi connectivity index (χ3v) is 2.61. The second-order valence-corrected chi connectivity index (χ2v) is 3.76. The molecule has 3 heteroatoms. The van der Waals surface area contributed by atoms with Gasteiger partial charge in [-0.3, -0.25) is 0 Å². The molecule has 72 valence electrons. The highest BCUT2D eigenvalue weighted by Crippen LogP contribution is 2.27. The predicted octanol–water partition coefficient (Wildman–Crippen LogP) is 3.76. The number of hydrogen-bond donors (Lipinski definition) is 2. The van der Waals surface area contributed by atoms with Crippen molar-refractivity contribution in [2.75, 3.05) is 5.75 Å². The molecular weight excluding hydrogens is 214 g/mol. The minimum Gasteiger partial charge on any atom is -0.361 e. The zero-order valence-electron chi connectivity index (χ0n) is 7.50. The number of hydrogen-bond acceptors (Lipinski definition) is 1. The van der Waals surface area contributed by atoms with E-state index >= 15 is 0 Å². The van der Waals surface area contributed by atoms with Crippen molar-refractivity contribution in [2.24, 2.45) is 0 Å². The quantitative estimate of drug-likeness (QED) is 0.722. The smallest absolute Gasteiger partial charge is 0.0505 e. The second kappa shape index (κ2) is 4.11. The Hall–Kier alpha value is -0.860. The van der Waals surface area contributed by atoms with Gasteiger partial charge in [-0.05, 0) is 12.1 Å². The predicted molar refractivity (Wildman–Crippen MR) is 66.2 cm³/mol. The number of nitrogens with one attached hydrogen (secondary N) is 1. The highest BCUT2D eigenvalue weighted by atomic mass is 35.5. The number of H-pyrrole nitrogens is 1. The molecule has 0 aliphatic carbocycles. The van der Waals surface area contributed by atoms with Crippen molar-refractivity contribution in [1.82, 2.24) is 4.98 Å². The van der Waals surface area contributed by atoms with E-state index in [4.69, 9.17) is 11.6 Å². The fourth-order valence-corrected chi connectivity index (χ4v) is 1.87. The van der Waals surface area contributed by atoms with E-state index in [1.54, 1.807) is 0 Å². The summed E-state index contributed by atoms with van der Waals surface area (Å²) in [5.41, 5.74) is 2.18. The number of halogens is 1. The summed E-state index contributed by atoms with van der Waals surface area (Å²) in [7, 11) is 0. The molecule has 14 heavy (non-hydrogen) atoms. The Kier molecular flexibility index (Phi) is 2.85. The zero-order chi connectivity index (χ0) is 9.97. The lowest BCUT2D eigenvalue weighted by Crippen LogP contribution is -1.71. The van der Waals surface area contributed by atoms with Crippen molar-refractivity contribution >= 4 is 41.2 Å². The van der Waals surface area contributed by atoms with E-state index in [9.17, 15) is 0 Å². The lowest BCUT2D eigenvalue weighted by molar-refractivity contribution is 1.47. The molecule has 1 heterocycles. The van der Waals surface area contributed by atoms with Crippen LogP contribution in [0, 0.1) is 0 Å². The number of thiol groups is 1. The van der Waals surface area contributed by atoms with Crippen LogP contribution in [-0.2, 0) is 0 Å². The van der Waals surface area contributed by atoms with Gasteiger partial charge in [-0.1, -0.05) is 29.8 Å². The van der Waals surface area contributed by atoms with Crippen molar-refractivity contribution in [3.05, 3.63) is 41.1 Å². The van der Waals surface area contributed by atoms with Crippen molar-refractivity contribution in [2.45, 2.75) is 0 Å². The maximum Gasteiger partial charge on any atom is 0.0505 e. The minimum atomic E-state index is 0.733. The number of benzene rings is 1. The van der Waals surface area contributed by atoms with Crippen LogP contribution in [0.25, 0.3) is 17.0 Å². The molecule has 1 nitrogen and oxygen atoms in total. The SMILES string of the molecule is SCC=Cc1c[nH]c2cccc(Cl)c12. The van der Waals surface area contributed by atoms with Gasteiger partial charge in [-0.25, -0.2) is 0 Å². The molecule has 0 aliphatic heterocycles. The Morgan fingerprint density at radius 3 is 3.07 bits per heavy atom. The highest BCUT2D eigenvalue weighted by Gasteiger charge is 2.03. The Balaban J connectivity index is 2.61. The topological polar surface area (TPSA) is 15.8 Å². The van der Waals surface area contributed by atoms with Crippen molar-refractivity contribution in [3.63, 3.8) is 0 Å². The molecule has 0 fully saturated rings. The van der Waals surface area contributed by atoms with Gasteiger partial charge in [0.15, 0.2) is 0 Å². The normalized spacial score (nSPS) is 11.6. The molecule has 2 rings (SSSR count). The Morgan fingerprint density at radius 2 is 2.29 bits per heavy atom. The maximum absolute atomic E-state index is 6.11. The molecule has 0 atom stereocenters. The summed E-state index contributed by atoms with van der Waals surface area (Å²) in [6.45, 7) is 0. The summed E-state index contributed by atoms with van der Waals surface area (Å²) in [6, 6.07) is 5.85. The van der Waals surface area contributed by atoms with Gasteiger partial charge in [-0.15, -0.1) is 0 Å². The number of aromatic nitrogens is 1. The first-order chi connectivity index (χ1) is 6.83. The molecule has 0 radical (unpaired) electrons. The summed E-state index contributed by atoms with van der Waals surface area (Å²) in [4.78, 5) is 3.18. The largest absolute Gasteiger partial charge is 0.361 e. The molecule has 0 amide bonds. The van der Waals surface area contributed by atoms with Gasteiger partial charge in [-0.2, -0.15) is 12.6 Å². The first-order valence-electron chi connectivity index (χ1n) is 4.36.